The van der Waals surface area contributed by atoms with Crippen LogP contribution in [0, 0.1) is 0 Å². The minimum Gasteiger partial charge on any atom is -0.445 e. The summed E-state index contributed by atoms with van der Waals surface area (Å²) >= 11 is 0. The van der Waals surface area contributed by atoms with E-state index in [0.29, 0.717) is 30.8 Å². The lowest BCUT2D eigenvalue weighted by molar-refractivity contribution is -0.162. The van der Waals surface area contributed by atoms with Crippen molar-refractivity contribution in [2.75, 3.05) is 39.0 Å². The Morgan fingerprint density at radius 2 is 1.95 bits per heavy atom. The number of likely N-dealkylation sites (N-methyl/N-ethyl adjacent to an activating group) is 1. The second kappa shape index (κ2) is 11.6. The number of carbonyl (C=O) groups excluding carboxylic acids is 1. The molecule has 38 heavy (non-hydrogen) atoms. The monoisotopic (exact) mass is 527 g/mol. The molecule has 1 amide bonds. The molecule has 1 aromatic carbocycles. The number of carbonyl (C=O) groups is 1. The number of amides is 1. The number of nitrogens with zero attached hydrogens (tertiary/aromatic N) is 5. The van der Waals surface area contributed by atoms with E-state index in [2.05, 4.69) is 41.0 Å². The molecule has 12 heteroatoms. The molecule has 4 atom stereocenters. The predicted octanol–water partition coefficient (Wildman–Crippen LogP) is 1.23. The van der Waals surface area contributed by atoms with E-state index < -0.39 is 30.4 Å². The molecule has 206 valence electrons. The maximum Gasteiger partial charge on any atom is 0.407 e. The number of ether oxygens (including phenoxy) is 2. The molecule has 1 fully saturated rings. The van der Waals surface area contributed by atoms with Crippen LogP contribution in [0.15, 0.2) is 36.9 Å². The fourth-order valence-corrected chi connectivity index (χ4v) is 4.43. The number of aliphatic hydroxyl groups is 2. The predicted molar refractivity (Wildman–Crippen MR) is 141 cm³/mol. The zero-order valence-electron chi connectivity index (χ0n) is 22.2. The number of hydrogen-bond acceptors (Lipinski definition) is 10. The van der Waals surface area contributed by atoms with Crippen LogP contribution in [0.2, 0.25) is 0 Å². The van der Waals surface area contributed by atoms with E-state index in [-0.39, 0.29) is 24.4 Å². The molecule has 1 unspecified atom stereocenters. The summed E-state index contributed by atoms with van der Waals surface area (Å²) in [5, 5.41) is 24.3. The number of alkyl carbamates (subject to hydrolysis) is 1. The van der Waals surface area contributed by atoms with Crippen LogP contribution in [-0.2, 0) is 21.5 Å². The van der Waals surface area contributed by atoms with Gasteiger partial charge in [0.1, 0.15) is 30.7 Å². The van der Waals surface area contributed by atoms with Crippen LogP contribution in [0.5, 0.6) is 0 Å². The van der Waals surface area contributed by atoms with Crippen molar-refractivity contribution in [2.45, 2.75) is 57.1 Å². The number of hydrogen-bond donors (Lipinski definition) is 4. The molecule has 4 rings (SSSR count). The van der Waals surface area contributed by atoms with Gasteiger partial charge in [0.25, 0.3) is 0 Å². The van der Waals surface area contributed by atoms with Gasteiger partial charge in [-0.25, -0.2) is 19.7 Å². The van der Waals surface area contributed by atoms with Gasteiger partial charge in [0.2, 0.25) is 0 Å². The highest BCUT2D eigenvalue weighted by Gasteiger charge is 2.40. The van der Waals surface area contributed by atoms with Gasteiger partial charge in [-0.05, 0) is 23.6 Å². The number of aromatic nitrogens is 4. The Bertz CT molecular complexity index is 1230. The van der Waals surface area contributed by atoms with Crippen LogP contribution in [0.25, 0.3) is 11.2 Å². The SMILES string of the molecule is CN(CCNC(=O)OCc1ccc(C(C)(C)C)cc1)C[C@H]1OCC(n2cnc3c(N)ncnc32)[C@H](O)[C@@H]1O. The van der Waals surface area contributed by atoms with Crippen molar-refractivity contribution in [2.24, 2.45) is 0 Å². The lowest BCUT2D eigenvalue weighted by atomic mass is 9.87. The maximum absolute atomic E-state index is 12.1. The average molecular weight is 528 g/mol. The van der Waals surface area contributed by atoms with E-state index in [1.54, 1.807) is 4.57 Å². The maximum atomic E-state index is 12.1. The highest BCUT2D eigenvalue weighted by atomic mass is 16.5. The van der Waals surface area contributed by atoms with Gasteiger partial charge in [-0.1, -0.05) is 45.0 Å². The van der Waals surface area contributed by atoms with E-state index >= 15 is 0 Å². The van der Waals surface area contributed by atoms with Crippen molar-refractivity contribution in [3.05, 3.63) is 48.0 Å². The number of benzene rings is 1. The molecule has 1 saturated heterocycles. The second-order valence-electron chi connectivity index (χ2n) is 10.7. The number of imidazole rings is 1. The molecular formula is C26H37N7O5. The van der Waals surface area contributed by atoms with E-state index in [0.717, 1.165) is 5.56 Å². The highest BCUT2D eigenvalue weighted by molar-refractivity contribution is 5.81. The number of nitrogen functional groups attached to an aromatic ring is 1. The standard InChI is InChI=1S/C26H37N7O5/c1-26(2,3)17-7-5-16(6-8-17)12-38-25(36)28-9-10-32(4)11-19-22(35)21(34)18(13-37-19)33-15-31-20-23(27)29-14-30-24(20)33/h5-8,14-15,18-19,21-22,34-35H,9-13H2,1-4H3,(H,28,36)(H2,27,29,30)/t18?,19-,21+,22-/m1/s1. The Balaban J connectivity index is 1.20. The van der Waals surface area contributed by atoms with Gasteiger partial charge in [-0.15, -0.1) is 0 Å². The normalized spacial score (nSPS) is 22.1. The smallest absolute Gasteiger partial charge is 0.407 e. The number of fused-ring (bicyclic) bond motifs is 1. The topological polar surface area (TPSA) is 161 Å². The molecule has 0 spiro atoms. The van der Waals surface area contributed by atoms with Gasteiger partial charge in [0, 0.05) is 19.6 Å². The van der Waals surface area contributed by atoms with E-state index in [9.17, 15) is 15.0 Å². The van der Waals surface area contributed by atoms with E-state index in [1.165, 1.54) is 18.2 Å². The molecule has 3 aromatic rings. The van der Waals surface area contributed by atoms with Crippen molar-refractivity contribution < 1.29 is 24.5 Å². The Morgan fingerprint density at radius 1 is 1.21 bits per heavy atom. The van der Waals surface area contributed by atoms with Crippen LogP contribution in [0.3, 0.4) is 0 Å². The number of rotatable bonds is 8. The van der Waals surface area contributed by atoms with Crippen molar-refractivity contribution in [1.29, 1.82) is 0 Å². The zero-order chi connectivity index (χ0) is 27.4. The van der Waals surface area contributed by atoms with Crippen LogP contribution in [0.4, 0.5) is 10.6 Å². The lowest BCUT2D eigenvalue weighted by Gasteiger charge is -2.39. The minimum atomic E-state index is -1.13. The van der Waals surface area contributed by atoms with Crippen LogP contribution in [-0.4, -0.2) is 92.3 Å². The summed E-state index contributed by atoms with van der Waals surface area (Å²) in [5.41, 5.74) is 8.96. The molecule has 5 N–H and O–H groups in total. The van der Waals surface area contributed by atoms with Crippen LogP contribution >= 0.6 is 0 Å². The summed E-state index contributed by atoms with van der Waals surface area (Å²) < 4.78 is 12.9. The summed E-state index contributed by atoms with van der Waals surface area (Å²) in [6.07, 6.45) is -0.491. The van der Waals surface area contributed by atoms with Gasteiger partial charge in [0.15, 0.2) is 11.5 Å². The Kier molecular flexibility index (Phi) is 8.46. The van der Waals surface area contributed by atoms with Gasteiger partial charge < -0.3 is 40.2 Å². The largest absolute Gasteiger partial charge is 0.445 e. The molecular weight excluding hydrogens is 490 g/mol. The summed E-state index contributed by atoms with van der Waals surface area (Å²) in [5.74, 6) is 0.243. The van der Waals surface area contributed by atoms with E-state index in [4.69, 9.17) is 15.2 Å². The van der Waals surface area contributed by atoms with Crippen molar-refractivity contribution in [1.82, 2.24) is 29.7 Å². The summed E-state index contributed by atoms with van der Waals surface area (Å²) in [7, 11) is 1.85. The van der Waals surface area contributed by atoms with Gasteiger partial charge in [-0.3, -0.25) is 0 Å². The fraction of sp³-hybridized carbons (Fsp3) is 0.538. The summed E-state index contributed by atoms with van der Waals surface area (Å²) in [6.45, 7) is 8.03. The second-order valence-corrected chi connectivity index (χ2v) is 10.7. The highest BCUT2D eigenvalue weighted by Crippen LogP contribution is 2.28. The van der Waals surface area contributed by atoms with Crippen LogP contribution in [0.1, 0.15) is 37.9 Å². The summed E-state index contributed by atoms with van der Waals surface area (Å²) in [6, 6.07) is 7.46. The molecule has 12 nitrogen and oxygen atoms in total. The molecule has 0 saturated carbocycles. The molecule has 0 radical (unpaired) electrons. The number of anilines is 1. The Morgan fingerprint density at radius 3 is 2.66 bits per heavy atom. The van der Waals surface area contributed by atoms with Gasteiger partial charge in [0.05, 0.1) is 25.1 Å². The molecule has 0 aliphatic carbocycles. The van der Waals surface area contributed by atoms with Gasteiger partial charge >= 0.3 is 6.09 Å². The van der Waals surface area contributed by atoms with Crippen molar-refractivity contribution in [3.63, 3.8) is 0 Å². The zero-order valence-corrected chi connectivity index (χ0v) is 22.2. The minimum absolute atomic E-state index is 0.0701. The Labute approximate surface area is 221 Å². The van der Waals surface area contributed by atoms with Crippen molar-refractivity contribution >= 4 is 23.1 Å². The third-order valence-corrected chi connectivity index (χ3v) is 6.79. The van der Waals surface area contributed by atoms with Gasteiger partial charge in [-0.2, -0.15) is 0 Å². The summed E-state index contributed by atoms with van der Waals surface area (Å²) in [4.78, 5) is 26.4. The lowest BCUT2D eigenvalue weighted by Crippen LogP contribution is -2.54. The number of nitrogens with two attached hydrogens (primary N) is 1. The third kappa shape index (κ3) is 6.38. The first-order valence-electron chi connectivity index (χ1n) is 12.6. The van der Waals surface area contributed by atoms with Crippen molar-refractivity contribution in [3.8, 4) is 0 Å². The van der Waals surface area contributed by atoms with Crippen LogP contribution < -0.4 is 11.1 Å². The third-order valence-electron chi connectivity index (χ3n) is 6.79. The Hall–Kier alpha value is -3.32. The molecule has 0 bridgehead atoms. The number of nitrogens with one attached hydrogen (secondary N) is 1. The van der Waals surface area contributed by atoms with E-state index in [1.807, 2.05) is 36.2 Å². The molecule has 1 aliphatic rings. The first-order chi connectivity index (χ1) is 18.0. The molecule has 3 heterocycles. The molecule has 2 aromatic heterocycles. The first-order valence-corrected chi connectivity index (χ1v) is 12.6. The number of aliphatic hydroxyl groups excluding tert-OH is 2. The first kappa shape index (κ1) is 27.7. The fourth-order valence-electron chi connectivity index (χ4n) is 4.43. The quantitative estimate of drug-likeness (QED) is 0.335. The average Bonchev–Trinajstić information content (AvgIpc) is 3.31. The molecule has 1 aliphatic heterocycles.